The fourth-order valence-corrected chi connectivity index (χ4v) is 1.39. The summed E-state index contributed by atoms with van der Waals surface area (Å²) in [6.07, 6.45) is 0. The van der Waals surface area contributed by atoms with Gasteiger partial charge in [0.25, 0.3) is 11.4 Å². The summed E-state index contributed by atoms with van der Waals surface area (Å²) in [6.45, 7) is 1.89. The van der Waals surface area contributed by atoms with E-state index in [4.69, 9.17) is 30.1 Å². The van der Waals surface area contributed by atoms with E-state index >= 15 is 0 Å². The van der Waals surface area contributed by atoms with Crippen molar-refractivity contribution < 1.29 is 9.85 Å². The molecular formula is C13H12AlCl3N2O4S. The van der Waals surface area contributed by atoms with E-state index in [1.807, 2.05) is 6.92 Å². The lowest BCUT2D eigenvalue weighted by Crippen LogP contribution is -1.86. The number of non-ortho nitro benzene ring substituents is 2. The standard InChI is InChI=1S/C7H7NO2.C6H5NO2S.Al.3ClH/c1-6-2-4-7(5-3-6)8(9)10;8-7(9)5-1-3-6(10)4-2-5;;;;/h2-5H,1H3;1-4,10H;;3*1H/q;;+3;;;/p-3. The molecule has 0 saturated carbocycles. The summed E-state index contributed by atoms with van der Waals surface area (Å²) in [5, 5.41) is 20.2. The van der Waals surface area contributed by atoms with Crippen LogP contribution in [0, 0.1) is 27.2 Å². The molecule has 0 aliphatic heterocycles. The van der Waals surface area contributed by atoms with Crippen LogP contribution in [-0.4, -0.2) is 21.2 Å². The lowest BCUT2D eigenvalue weighted by molar-refractivity contribution is -0.385. The van der Waals surface area contributed by atoms with Crippen LogP contribution in [-0.2, 0) is 0 Å². The molecule has 0 spiro atoms. The number of benzene rings is 2. The zero-order valence-electron chi connectivity index (χ0n) is 12.3. The molecule has 0 aliphatic carbocycles. The number of halogens is 3. The van der Waals surface area contributed by atoms with Gasteiger partial charge in [-0.05, 0) is 19.1 Å². The molecule has 128 valence electrons. The van der Waals surface area contributed by atoms with E-state index in [1.54, 1.807) is 24.3 Å². The molecule has 0 heterocycles. The molecule has 2 aromatic carbocycles. The molecule has 2 aromatic rings. The van der Waals surface area contributed by atoms with E-state index < -0.39 is 21.2 Å². The topological polar surface area (TPSA) is 86.3 Å². The normalized spacial score (nSPS) is 8.88. The fraction of sp³-hybridized carbons (Fsp3) is 0.0769. The summed E-state index contributed by atoms with van der Waals surface area (Å²) in [7, 11) is 14.8. The second-order valence-electron chi connectivity index (χ2n) is 4.11. The van der Waals surface area contributed by atoms with Gasteiger partial charge in [-0.25, -0.2) is 30.1 Å². The van der Waals surface area contributed by atoms with Gasteiger partial charge in [0.1, 0.15) is 0 Å². The highest BCUT2D eigenvalue weighted by molar-refractivity contribution is 7.80. The average molecular weight is 426 g/mol. The quantitative estimate of drug-likeness (QED) is 0.299. The minimum atomic E-state index is -1.72. The maximum Gasteiger partial charge on any atom is 0.643 e. The molecule has 0 radical (unpaired) electrons. The fourth-order valence-electron chi connectivity index (χ4n) is 1.24. The smallest absolute Gasteiger partial charge is 0.258 e. The lowest BCUT2D eigenvalue weighted by atomic mass is 10.2. The lowest BCUT2D eigenvalue weighted by Gasteiger charge is -1.90. The van der Waals surface area contributed by atoms with Gasteiger partial charge in [-0.2, -0.15) is 0 Å². The highest BCUT2D eigenvalue weighted by atomic mass is 35.8. The van der Waals surface area contributed by atoms with Crippen molar-refractivity contribution in [3.05, 3.63) is 74.3 Å². The molecule has 0 amide bonds. The van der Waals surface area contributed by atoms with Crippen molar-refractivity contribution in [2.75, 3.05) is 0 Å². The summed E-state index contributed by atoms with van der Waals surface area (Å²) < 4.78 is 0. The number of nitro benzene ring substituents is 2. The van der Waals surface area contributed by atoms with Crippen LogP contribution in [0.15, 0.2) is 53.4 Å². The van der Waals surface area contributed by atoms with Crippen molar-refractivity contribution in [1.29, 1.82) is 0 Å². The van der Waals surface area contributed by atoms with Crippen LogP contribution in [0.1, 0.15) is 5.56 Å². The van der Waals surface area contributed by atoms with Crippen LogP contribution in [0.2, 0.25) is 0 Å². The van der Waals surface area contributed by atoms with Gasteiger partial charge in [-0.3, -0.25) is 20.2 Å². The van der Waals surface area contributed by atoms with Gasteiger partial charge in [0, 0.05) is 29.2 Å². The second-order valence-corrected chi connectivity index (χ2v) is 11.1. The number of hydrogen-bond donors (Lipinski definition) is 1. The van der Waals surface area contributed by atoms with E-state index in [9.17, 15) is 20.2 Å². The Bertz CT molecular complexity index is 599. The first-order chi connectivity index (χ1) is 11.1. The number of hydrogen-bond acceptors (Lipinski definition) is 5. The predicted octanol–water partition coefficient (Wildman–Crippen LogP) is 5.47. The second kappa shape index (κ2) is 12.4. The highest BCUT2D eigenvalue weighted by Crippen LogP contribution is 2.13. The number of nitro groups is 2. The summed E-state index contributed by atoms with van der Waals surface area (Å²) >= 11 is 2.26. The maximum atomic E-state index is 10.1. The van der Waals surface area contributed by atoms with Gasteiger partial charge in [0.15, 0.2) is 0 Å². The number of aryl methyl sites for hydroxylation is 1. The van der Waals surface area contributed by atoms with Gasteiger partial charge < -0.3 is 0 Å². The van der Waals surface area contributed by atoms with E-state index in [0.29, 0.717) is 0 Å². The van der Waals surface area contributed by atoms with Crippen molar-refractivity contribution in [3.63, 3.8) is 0 Å². The average Bonchev–Trinajstić information content (AvgIpc) is 2.48. The third-order valence-electron chi connectivity index (χ3n) is 2.31. The third kappa shape index (κ3) is 11.5. The molecule has 0 aliphatic rings. The monoisotopic (exact) mass is 424 g/mol. The summed E-state index contributed by atoms with van der Waals surface area (Å²) in [5.41, 5.74) is 1.27. The Labute approximate surface area is 161 Å². The van der Waals surface area contributed by atoms with Crippen molar-refractivity contribution >= 4 is 65.5 Å². The molecule has 0 saturated heterocycles. The van der Waals surface area contributed by atoms with Crippen LogP contribution < -0.4 is 0 Å². The summed E-state index contributed by atoms with van der Waals surface area (Å²) in [4.78, 5) is 20.1. The minimum Gasteiger partial charge on any atom is -0.258 e. The molecule has 24 heavy (non-hydrogen) atoms. The van der Waals surface area contributed by atoms with E-state index in [1.165, 1.54) is 24.3 Å². The largest absolute Gasteiger partial charge is 0.643 e. The Morgan fingerprint density at radius 2 is 1.12 bits per heavy atom. The maximum absolute atomic E-state index is 10.1. The molecule has 0 unspecified atom stereocenters. The highest BCUT2D eigenvalue weighted by Gasteiger charge is 2.01. The molecule has 0 fully saturated rings. The Morgan fingerprint density at radius 3 is 1.42 bits per heavy atom. The Balaban J connectivity index is 0.000000363. The molecular weight excluding hydrogens is 414 g/mol. The van der Waals surface area contributed by atoms with E-state index in [-0.39, 0.29) is 11.4 Å². The van der Waals surface area contributed by atoms with Gasteiger partial charge >= 0.3 is 11.4 Å². The summed E-state index contributed by atoms with van der Waals surface area (Å²) in [5.74, 6) is 0. The Hall–Kier alpha value is -1.01. The number of rotatable bonds is 2. The zero-order chi connectivity index (χ0) is 18.7. The van der Waals surface area contributed by atoms with Crippen molar-refractivity contribution in [3.8, 4) is 0 Å². The van der Waals surface area contributed by atoms with E-state index in [2.05, 4.69) is 12.6 Å². The third-order valence-corrected chi connectivity index (χ3v) is 2.60. The number of nitrogens with zero attached hydrogens (tertiary/aromatic N) is 2. The molecule has 0 atom stereocenters. The predicted molar refractivity (Wildman–Crippen MR) is 101 cm³/mol. The Morgan fingerprint density at radius 1 is 0.833 bits per heavy atom. The molecule has 0 aromatic heterocycles. The molecule has 6 nitrogen and oxygen atoms in total. The van der Waals surface area contributed by atoms with Crippen LogP contribution >= 0.6 is 42.8 Å². The van der Waals surface area contributed by atoms with Crippen molar-refractivity contribution in [1.82, 2.24) is 0 Å². The molecule has 2 rings (SSSR count). The molecule has 0 bridgehead atoms. The number of thiol groups is 1. The van der Waals surface area contributed by atoms with Crippen LogP contribution in [0.3, 0.4) is 0 Å². The SMILES string of the molecule is Cc1ccc([N+](=O)[O-])cc1.O=[N+]([O-])c1ccc(S)cc1.[Cl][Al]([Cl])[Cl]. The Kier molecular flexibility index (Phi) is 11.8. The van der Waals surface area contributed by atoms with Crippen LogP contribution in [0.5, 0.6) is 0 Å². The summed E-state index contributed by atoms with van der Waals surface area (Å²) in [6, 6.07) is 12.4. The zero-order valence-corrected chi connectivity index (χ0v) is 16.6. The van der Waals surface area contributed by atoms with Crippen LogP contribution in [0.25, 0.3) is 0 Å². The van der Waals surface area contributed by atoms with Crippen LogP contribution in [0.4, 0.5) is 11.4 Å². The van der Waals surface area contributed by atoms with E-state index in [0.717, 1.165) is 10.5 Å². The molecule has 11 heteroatoms. The first-order valence-electron chi connectivity index (χ1n) is 6.20. The van der Waals surface area contributed by atoms with Crippen molar-refractivity contribution in [2.24, 2.45) is 0 Å². The van der Waals surface area contributed by atoms with Gasteiger partial charge in [-0.15, -0.1) is 12.6 Å². The van der Waals surface area contributed by atoms with Gasteiger partial charge in [0.05, 0.1) is 9.85 Å². The molecule has 0 N–H and O–H groups in total. The minimum absolute atomic E-state index is 0.0952. The first kappa shape index (κ1) is 23.0. The first-order valence-corrected chi connectivity index (χ1v) is 11.9. The van der Waals surface area contributed by atoms with Gasteiger partial charge in [-0.1, -0.05) is 17.7 Å². The van der Waals surface area contributed by atoms with Gasteiger partial charge in [0.2, 0.25) is 0 Å². The van der Waals surface area contributed by atoms with Crippen molar-refractivity contribution in [2.45, 2.75) is 11.8 Å².